The number of aromatic nitrogens is 4. The fourth-order valence-corrected chi connectivity index (χ4v) is 3.24. The third-order valence-corrected chi connectivity index (χ3v) is 4.61. The van der Waals surface area contributed by atoms with Crippen LogP contribution >= 0.6 is 0 Å². The summed E-state index contributed by atoms with van der Waals surface area (Å²) < 4.78 is 13.4. The maximum absolute atomic E-state index is 13.4. The van der Waals surface area contributed by atoms with Crippen LogP contribution in [0.5, 0.6) is 0 Å². The molecule has 0 fully saturated rings. The molecule has 0 radical (unpaired) electrons. The molecule has 3 aromatic rings. The Bertz CT molecular complexity index is 1000. The number of benzene rings is 1. The Morgan fingerprint density at radius 1 is 1.27 bits per heavy atom. The summed E-state index contributed by atoms with van der Waals surface area (Å²) >= 11 is 0. The molecule has 1 aromatic carbocycles. The Morgan fingerprint density at radius 3 is 2.85 bits per heavy atom. The SMILES string of the molecule is Cc1cc(CN2CCc3nc(-c4cncnc4)[nH]c(=O)c3C2)ccc1F. The molecule has 0 unspecified atom stereocenters. The highest BCUT2D eigenvalue weighted by Gasteiger charge is 2.21. The van der Waals surface area contributed by atoms with Crippen LogP contribution < -0.4 is 5.56 Å². The van der Waals surface area contributed by atoms with Crippen LogP contribution in [0, 0.1) is 12.7 Å². The van der Waals surface area contributed by atoms with Gasteiger partial charge in [0, 0.05) is 38.4 Å². The number of halogens is 1. The van der Waals surface area contributed by atoms with Crippen molar-refractivity contribution in [2.45, 2.75) is 26.4 Å². The Balaban J connectivity index is 1.57. The van der Waals surface area contributed by atoms with Gasteiger partial charge in [0.25, 0.3) is 5.56 Å². The van der Waals surface area contributed by atoms with E-state index in [0.717, 1.165) is 17.8 Å². The van der Waals surface area contributed by atoms with Gasteiger partial charge in [0.1, 0.15) is 18.0 Å². The van der Waals surface area contributed by atoms with E-state index in [1.165, 1.54) is 12.4 Å². The summed E-state index contributed by atoms with van der Waals surface area (Å²) in [5.74, 6) is 0.299. The van der Waals surface area contributed by atoms with Crippen molar-refractivity contribution in [2.75, 3.05) is 6.54 Å². The molecule has 0 amide bonds. The van der Waals surface area contributed by atoms with Crippen LogP contribution in [0.15, 0.2) is 41.7 Å². The summed E-state index contributed by atoms with van der Waals surface area (Å²) in [5.41, 5.74) is 3.74. The van der Waals surface area contributed by atoms with E-state index in [2.05, 4.69) is 24.8 Å². The van der Waals surface area contributed by atoms with Crippen LogP contribution in [-0.2, 0) is 19.5 Å². The minimum Gasteiger partial charge on any atom is -0.306 e. The average Bonchev–Trinajstić information content (AvgIpc) is 2.66. The van der Waals surface area contributed by atoms with Gasteiger partial charge in [-0.1, -0.05) is 12.1 Å². The zero-order valence-corrected chi connectivity index (χ0v) is 14.4. The fourth-order valence-electron chi connectivity index (χ4n) is 3.24. The molecule has 0 aliphatic carbocycles. The molecule has 1 aliphatic heterocycles. The number of nitrogens with zero attached hydrogens (tertiary/aromatic N) is 4. The van der Waals surface area contributed by atoms with E-state index in [9.17, 15) is 9.18 Å². The Hall–Kier alpha value is -2.93. The number of fused-ring (bicyclic) bond motifs is 1. The van der Waals surface area contributed by atoms with Crippen molar-refractivity contribution in [1.82, 2.24) is 24.8 Å². The predicted molar refractivity (Wildman–Crippen MR) is 94.8 cm³/mol. The van der Waals surface area contributed by atoms with E-state index in [1.807, 2.05) is 6.07 Å². The summed E-state index contributed by atoms with van der Waals surface area (Å²) in [6.45, 7) is 3.76. The lowest BCUT2D eigenvalue weighted by Gasteiger charge is -2.27. The summed E-state index contributed by atoms with van der Waals surface area (Å²) in [4.78, 5) is 30.1. The van der Waals surface area contributed by atoms with Gasteiger partial charge >= 0.3 is 0 Å². The first-order valence-corrected chi connectivity index (χ1v) is 8.45. The molecule has 4 rings (SSSR count). The van der Waals surface area contributed by atoms with Crippen LogP contribution in [-0.4, -0.2) is 31.4 Å². The smallest absolute Gasteiger partial charge is 0.255 e. The van der Waals surface area contributed by atoms with Gasteiger partial charge in [-0.3, -0.25) is 9.69 Å². The van der Waals surface area contributed by atoms with Gasteiger partial charge in [-0.2, -0.15) is 0 Å². The lowest BCUT2D eigenvalue weighted by molar-refractivity contribution is 0.241. The normalized spacial score (nSPS) is 14.2. The van der Waals surface area contributed by atoms with E-state index in [1.54, 1.807) is 25.4 Å². The van der Waals surface area contributed by atoms with Gasteiger partial charge in [0.05, 0.1) is 16.8 Å². The van der Waals surface area contributed by atoms with Gasteiger partial charge in [-0.15, -0.1) is 0 Å². The zero-order valence-electron chi connectivity index (χ0n) is 14.4. The fraction of sp³-hybridized carbons (Fsp3) is 0.263. The van der Waals surface area contributed by atoms with Crippen LogP contribution in [0.1, 0.15) is 22.4 Å². The van der Waals surface area contributed by atoms with Gasteiger partial charge in [0.2, 0.25) is 0 Å². The monoisotopic (exact) mass is 351 g/mol. The minimum absolute atomic E-state index is 0.131. The van der Waals surface area contributed by atoms with E-state index < -0.39 is 0 Å². The van der Waals surface area contributed by atoms with E-state index in [4.69, 9.17) is 0 Å². The second-order valence-corrected chi connectivity index (χ2v) is 6.51. The molecule has 7 heteroatoms. The number of rotatable bonds is 3. The number of aromatic amines is 1. The molecule has 2 aromatic heterocycles. The second kappa shape index (κ2) is 6.76. The highest BCUT2D eigenvalue weighted by atomic mass is 19.1. The van der Waals surface area contributed by atoms with Gasteiger partial charge in [-0.25, -0.2) is 19.3 Å². The molecule has 0 spiro atoms. The van der Waals surface area contributed by atoms with Gasteiger partial charge in [0.15, 0.2) is 0 Å². The number of hydrogen-bond acceptors (Lipinski definition) is 5. The first-order valence-electron chi connectivity index (χ1n) is 8.45. The zero-order chi connectivity index (χ0) is 18.1. The Labute approximate surface area is 149 Å². The predicted octanol–water partition coefficient (Wildman–Crippen LogP) is 2.23. The second-order valence-electron chi connectivity index (χ2n) is 6.51. The van der Waals surface area contributed by atoms with Crippen molar-refractivity contribution < 1.29 is 4.39 Å². The Morgan fingerprint density at radius 2 is 2.08 bits per heavy atom. The van der Waals surface area contributed by atoms with Crippen molar-refractivity contribution in [1.29, 1.82) is 0 Å². The summed E-state index contributed by atoms with van der Waals surface area (Å²) in [6, 6.07) is 5.13. The standard InChI is InChI=1S/C19H18FN5O/c1-12-6-13(2-3-16(12)20)9-25-5-4-17-15(10-25)19(26)24-18(23-17)14-7-21-11-22-8-14/h2-3,6-8,11H,4-5,9-10H2,1H3,(H,23,24,26). The maximum atomic E-state index is 13.4. The third kappa shape index (κ3) is 3.25. The molecule has 0 atom stereocenters. The third-order valence-electron chi connectivity index (χ3n) is 4.61. The van der Waals surface area contributed by atoms with Crippen molar-refractivity contribution in [2.24, 2.45) is 0 Å². The van der Waals surface area contributed by atoms with Crippen molar-refractivity contribution in [3.05, 3.63) is 75.5 Å². The highest BCUT2D eigenvalue weighted by Crippen LogP contribution is 2.20. The van der Waals surface area contributed by atoms with E-state index in [-0.39, 0.29) is 11.4 Å². The summed E-state index contributed by atoms with van der Waals surface area (Å²) in [5, 5.41) is 0. The molecular weight excluding hydrogens is 333 g/mol. The molecule has 132 valence electrons. The van der Waals surface area contributed by atoms with Crippen molar-refractivity contribution in [3.8, 4) is 11.4 Å². The van der Waals surface area contributed by atoms with Crippen LogP contribution in [0.4, 0.5) is 4.39 Å². The number of H-pyrrole nitrogens is 1. The van der Waals surface area contributed by atoms with E-state index in [0.29, 0.717) is 42.0 Å². The maximum Gasteiger partial charge on any atom is 0.255 e. The summed E-state index contributed by atoms with van der Waals surface area (Å²) in [6.07, 6.45) is 5.39. The quantitative estimate of drug-likeness (QED) is 0.783. The van der Waals surface area contributed by atoms with Crippen molar-refractivity contribution in [3.63, 3.8) is 0 Å². The van der Waals surface area contributed by atoms with Crippen LogP contribution in [0.2, 0.25) is 0 Å². The van der Waals surface area contributed by atoms with Crippen LogP contribution in [0.3, 0.4) is 0 Å². The topological polar surface area (TPSA) is 74.8 Å². The molecule has 3 heterocycles. The highest BCUT2D eigenvalue weighted by molar-refractivity contribution is 5.52. The molecule has 26 heavy (non-hydrogen) atoms. The molecule has 0 bridgehead atoms. The van der Waals surface area contributed by atoms with E-state index >= 15 is 0 Å². The molecule has 0 saturated carbocycles. The minimum atomic E-state index is -0.198. The lowest BCUT2D eigenvalue weighted by Crippen LogP contribution is -2.35. The first-order chi connectivity index (χ1) is 12.6. The summed E-state index contributed by atoms with van der Waals surface area (Å²) in [7, 11) is 0. The molecule has 1 aliphatic rings. The average molecular weight is 351 g/mol. The molecular formula is C19H18FN5O. The van der Waals surface area contributed by atoms with Gasteiger partial charge in [-0.05, 0) is 24.1 Å². The van der Waals surface area contributed by atoms with Crippen LogP contribution in [0.25, 0.3) is 11.4 Å². The first kappa shape index (κ1) is 16.5. The largest absolute Gasteiger partial charge is 0.306 e. The number of nitrogens with one attached hydrogen (secondary N) is 1. The Kier molecular flexibility index (Phi) is 4.30. The number of hydrogen-bond donors (Lipinski definition) is 1. The van der Waals surface area contributed by atoms with Gasteiger partial charge < -0.3 is 4.98 Å². The lowest BCUT2D eigenvalue weighted by atomic mass is 10.0. The molecule has 0 saturated heterocycles. The number of aryl methyl sites for hydroxylation is 1. The molecule has 1 N–H and O–H groups in total. The molecule has 6 nitrogen and oxygen atoms in total. The van der Waals surface area contributed by atoms with Crippen molar-refractivity contribution >= 4 is 0 Å².